The Hall–Kier alpha value is -3.32. The lowest BCUT2D eigenvalue weighted by molar-refractivity contribution is -0.123. The van der Waals surface area contributed by atoms with Crippen molar-refractivity contribution in [2.75, 3.05) is 0 Å². The van der Waals surface area contributed by atoms with E-state index in [1.807, 2.05) is 53.1 Å². The molecule has 0 bridgehead atoms. The van der Waals surface area contributed by atoms with Crippen LogP contribution in [0.25, 0.3) is 16.8 Å². The Morgan fingerprint density at radius 2 is 1.58 bits per heavy atom. The first kappa shape index (κ1) is 16.2. The van der Waals surface area contributed by atoms with E-state index in [0.29, 0.717) is 10.9 Å². The van der Waals surface area contributed by atoms with Crippen LogP contribution in [0.2, 0.25) is 0 Å². The summed E-state index contributed by atoms with van der Waals surface area (Å²) in [5.41, 5.74) is -0.180. The van der Waals surface area contributed by atoms with Gasteiger partial charge in [0.15, 0.2) is 5.09 Å². The molecule has 1 aromatic heterocycles. The zero-order valence-electron chi connectivity index (χ0n) is 13.3. The van der Waals surface area contributed by atoms with Crippen LogP contribution in [0.5, 0.6) is 0 Å². The van der Waals surface area contributed by atoms with Crippen LogP contribution in [0.4, 0.5) is 4.79 Å². The van der Waals surface area contributed by atoms with Gasteiger partial charge in [0.25, 0.3) is 11.8 Å². The molecular weight excluding hydrogens is 352 g/mol. The molecule has 0 spiro atoms. The molecule has 2 heterocycles. The van der Waals surface area contributed by atoms with Gasteiger partial charge in [0, 0.05) is 4.90 Å². The van der Waals surface area contributed by atoms with Crippen molar-refractivity contribution in [3.63, 3.8) is 0 Å². The molecule has 4 rings (SSSR count). The third-order valence-electron chi connectivity index (χ3n) is 3.79. The molecule has 3 aromatic rings. The van der Waals surface area contributed by atoms with Crippen molar-refractivity contribution in [1.82, 2.24) is 10.6 Å². The average molecular weight is 364 g/mol. The molecule has 0 radical (unpaired) electrons. The molecule has 1 aliphatic heterocycles. The molecule has 0 unspecified atom stereocenters. The Labute approximate surface area is 152 Å². The van der Waals surface area contributed by atoms with Crippen molar-refractivity contribution in [3.8, 4) is 0 Å². The monoisotopic (exact) mass is 364 g/mol. The standard InChI is InChI=1S/C19H12N2O4S/c22-17-14(18(23)21-19(24)20-17)10-12-8-9-16(25-12)26-15-7-3-5-11-4-1-2-6-13(11)15/h1-10H,(H2,20,21,22,23,24). The summed E-state index contributed by atoms with van der Waals surface area (Å²) in [6.45, 7) is 0. The number of amides is 4. The number of benzene rings is 2. The van der Waals surface area contributed by atoms with Crippen LogP contribution < -0.4 is 10.6 Å². The summed E-state index contributed by atoms with van der Waals surface area (Å²) >= 11 is 1.45. The van der Waals surface area contributed by atoms with Crippen LogP contribution in [0.1, 0.15) is 5.76 Å². The molecule has 4 amide bonds. The minimum Gasteiger partial charge on any atom is -0.450 e. The lowest BCUT2D eigenvalue weighted by atomic mass is 10.1. The summed E-state index contributed by atoms with van der Waals surface area (Å²) < 4.78 is 5.70. The number of hydrogen-bond acceptors (Lipinski definition) is 5. The smallest absolute Gasteiger partial charge is 0.328 e. The second kappa shape index (κ2) is 6.53. The van der Waals surface area contributed by atoms with Gasteiger partial charge in [0.1, 0.15) is 11.3 Å². The number of urea groups is 1. The first-order chi connectivity index (χ1) is 12.6. The fraction of sp³-hybridized carbons (Fsp3) is 0. The van der Waals surface area contributed by atoms with Gasteiger partial charge in [-0.25, -0.2) is 4.79 Å². The van der Waals surface area contributed by atoms with Crippen molar-refractivity contribution in [1.29, 1.82) is 0 Å². The second-order valence-corrected chi connectivity index (χ2v) is 6.58. The van der Waals surface area contributed by atoms with E-state index in [4.69, 9.17) is 4.42 Å². The van der Waals surface area contributed by atoms with E-state index in [0.717, 1.165) is 15.7 Å². The maximum atomic E-state index is 11.8. The molecule has 26 heavy (non-hydrogen) atoms. The Kier molecular flexibility index (Phi) is 4.06. The van der Waals surface area contributed by atoms with Crippen LogP contribution in [-0.4, -0.2) is 17.8 Å². The van der Waals surface area contributed by atoms with Gasteiger partial charge in [-0.05, 0) is 35.0 Å². The molecule has 2 N–H and O–H groups in total. The fourth-order valence-corrected chi connectivity index (χ4v) is 3.54. The number of nitrogens with one attached hydrogen (secondary N) is 2. The minimum atomic E-state index is -0.830. The van der Waals surface area contributed by atoms with Crippen LogP contribution in [0.15, 0.2) is 74.6 Å². The summed E-state index contributed by atoms with van der Waals surface area (Å²) in [6.07, 6.45) is 1.31. The van der Waals surface area contributed by atoms with Crippen molar-refractivity contribution in [2.45, 2.75) is 9.99 Å². The number of carbonyl (C=O) groups is 3. The van der Waals surface area contributed by atoms with E-state index in [9.17, 15) is 14.4 Å². The highest BCUT2D eigenvalue weighted by atomic mass is 32.2. The number of carbonyl (C=O) groups excluding carboxylic acids is 3. The maximum absolute atomic E-state index is 11.8. The maximum Gasteiger partial charge on any atom is 0.328 e. The largest absolute Gasteiger partial charge is 0.450 e. The molecule has 128 valence electrons. The predicted molar refractivity (Wildman–Crippen MR) is 96.4 cm³/mol. The van der Waals surface area contributed by atoms with Gasteiger partial charge in [0.2, 0.25) is 0 Å². The SMILES string of the molecule is O=C1NC(=O)C(=Cc2ccc(Sc3cccc4ccccc34)o2)C(=O)N1. The number of fused-ring (bicyclic) bond motifs is 1. The Bertz CT molecular complexity index is 1060. The lowest BCUT2D eigenvalue weighted by Gasteiger charge is -2.13. The van der Waals surface area contributed by atoms with Gasteiger partial charge in [-0.3, -0.25) is 20.2 Å². The Morgan fingerprint density at radius 1 is 0.846 bits per heavy atom. The van der Waals surface area contributed by atoms with Gasteiger partial charge < -0.3 is 4.42 Å². The molecule has 6 nitrogen and oxygen atoms in total. The first-order valence-corrected chi connectivity index (χ1v) is 8.55. The van der Waals surface area contributed by atoms with Crippen LogP contribution in [0, 0.1) is 0 Å². The summed E-state index contributed by atoms with van der Waals surface area (Å²) in [5, 5.41) is 6.91. The Morgan fingerprint density at radius 3 is 2.38 bits per heavy atom. The molecular formula is C19H12N2O4S. The number of rotatable bonds is 3. The topological polar surface area (TPSA) is 88.4 Å². The average Bonchev–Trinajstić information content (AvgIpc) is 3.06. The molecule has 7 heteroatoms. The summed E-state index contributed by atoms with van der Waals surface area (Å²) in [5.74, 6) is -1.15. The fourth-order valence-electron chi connectivity index (χ4n) is 2.61. The minimum absolute atomic E-state index is 0.180. The molecule has 0 saturated carbocycles. The molecule has 0 atom stereocenters. The van der Waals surface area contributed by atoms with Gasteiger partial charge in [-0.2, -0.15) is 0 Å². The zero-order chi connectivity index (χ0) is 18.1. The molecule has 1 saturated heterocycles. The first-order valence-electron chi connectivity index (χ1n) is 7.74. The van der Waals surface area contributed by atoms with E-state index >= 15 is 0 Å². The quantitative estimate of drug-likeness (QED) is 0.550. The van der Waals surface area contributed by atoms with Crippen LogP contribution >= 0.6 is 11.8 Å². The van der Waals surface area contributed by atoms with Crippen LogP contribution in [-0.2, 0) is 9.59 Å². The van der Waals surface area contributed by atoms with Gasteiger partial charge in [-0.1, -0.05) is 48.2 Å². The number of furan rings is 1. The predicted octanol–water partition coefficient (Wildman–Crippen LogP) is 3.33. The third-order valence-corrected chi connectivity index (χ3v) is 4.79. The van der Waals surface area contributed by atoms with E-state index in [-0.39, 0.29) is 5.57 Å². The molecule has 2 aromatic carbocycles. The van der Waals surface area contributed by atoms with Crippen molar-refractivity contribution >= 4 is 46.5 Å². The van der Waals surface area contributed by atoms with Gasteiger partial charge >= 0.3 is 6.03 Å². The highest BCUT2D eigenvalue weighted by Crippen LogP contribution is 2.34. The van der Waals surface area contributed by atoms with Gasteiger partial charge in [0.05, 0.1) is 0 Å². The highest BCUT2D eigenvalue weighted by Gasteiger charge is 2.28. The van der Waals surface area contributed by atoms with Crippen LogP contribution in [0.3, 0.4) is 0 Å². The van der Waals surface area contributed by atoms with Crippen molar-refractivity contribution in [3.05, 3.63) is 65.9 Å². The molecule has 0 aliphatic carbocycles. The van der Waals surface area contributed by atoms with Crippen molar-refractivity contribution in [2.24, 2.45) is 0 Å². The summed E-state index contributed by atoms with van der Waals surface area (Å²) in [4.78, 5) is 35.6. The van der Waals surface area contributed by atoms with E-state index in [1.54, 1.807) is 12.1 Å². The third kappa shape index (κ3) is 3.12. The summed E-state index contributed by atoms with van der Waals surface area (Å²) in [6, 6.07) is 16.7. The normalized spacial score (nSPS) is 14.3. The molecule has 1 aliphatic rings. The number of imide groups is 2. The Balaban J connectivity index is 1.60. The number of hydrogen-bond donors (Lipinski definition) is 2. The van der Waals surface area contributed by atoms with E-state index < -0.39 is 17.8 Å². The van der Waals surface area contributed by atoms with E-state index in [1.165, 1.54) is 17.8 Å². The lowest BCUT2D eigenvalue weighted by Crippen LogP contribution is -2.51. The summed E-state index contributed by atoms with van der Waals surface area (Å²) in [7, 11) is 0. The number of barbiturate groups is 1. The zero-order valence-corrected chi connectivity index (χ0v) is 14.1. The second-order valence-electron chi connectivity index (χ2n) is 5.53. The highest BCUT2D eigenvalue weighted by molar-refractivity contribution is 7.99. The van der Waals surface area contributed by atoms with Gasteiger partial charge in [-0.15, -0.1) is 0 Å². The molecule has 1 fully saturated rings. The van der Waals surface area contributed by atoms with E-state index in [2.05, 4.69) is 0 Å². The van der Waals surface area contributed by atoms with Crippen molar-refractivity contribution < 1.29 is 18.8 Å².